The highest BCUT2D eigenvalue weighted by molar-refractivity contribution is 9.10. The van der Waals surface area contributed by atoms with E-state index in [1.807, 2.05) is 30.3 Å². The highest BCUT2D eigenvalue weighted by Gasteiger charge is 2.41. The lowest BCUT2D eigenvalue weighted by molar-refractivity contribution is -0.137. The normalized spacial score (nSPS) is 16.8. The molecule has 0 fully saturated rings. The lowest BCUT2D eigenvalue weighted by atomic mass is 9.93. The minimum Gasteiger partial charge on any atom is -0.503 e. The fourth-order valence-corrected chi connectivity index (χ4v) is 4.02. The van der Waals surface area contributed by atoms with Gasteiger partial charge in [0, 0.05) is 15.7 Å². The maximum atomic E-state index is 13.0. The van der Waals surface area contributed by atoms with Gasteiger partial charge in [-0.1, -0.05) is 58.4 Å². The van der Waals surface area contributed by atoms with Gasteiger partial charge in [-0.3, -0.25) is 9.69 Å². The Hall–Kier alpha value is -3.06. The first-order valence-electron chi connectivity index (χ1n) is 9.49. The van der Waals surface area contributed by atoms with E-state index in [1.54, 1.807) is 24.3 Å². The summed E-state index contributed by atoms with van der Waals surface area (Å²) in [6.07, 6.45) is -4.07. The first kappa shape index (κ1) is 21.2. The number of aliphatic hydroxyl groups is 1. The molecule has 3 aromatic rings. The van der Waals surface area contributed by atoms with Gasteiger partial charge in [0.1, 0.15) is 0 Å². The Labute approximate surface area is 185 Å². The summed E-state index contributed by atoms with van der Waals surface area (Å²) < 4.78 is 39.8. The standard InChI is InChI=1S/C24H17BrF3NO2/c25-18-10-12-19(13-11-18)29-20(14-15-4-2-1-3-5-15)21(22(30)23(29)31)16-6-8-17(9-7-16)24(26,27)28/h1-13,20,30H,14H2. The second-order valence-electron chi connectivity index (χ2n) is 7.19. The van der Waals surface area contributed by atoms with E-state index in [4.69, 9.17) is 0 Å². The van der Waals surface area contributed by atoms with Crippen molar-refractivity contribution < 1.29 is 23.1 Å². The Morgan fingerprint density at radius 1 is 0.903 bits per heavy atom. The number of carbonyl (C=O) groups excluding carboxylic acids is 1. The Morgan fingerprint density at radius 2 is 1.52 bits per heavy atom. The van der Waals surface area contributed by atoms with Crippen LogP contribution in [-0.4, -0.2) is 17.1 Å². The monoisotopic (exact) mass is 487 g/mol. The van der Waals surface area contributed by atoms with Crippen molar-refractivity contribution in [3.05, 3.63) is 106 Å². The molecule has 3 nitrogen and oxygen atoms in total. The third-order valence-corrected chi connectivity index (χ3v) is 5.75. The van der Waals surface area contributed by atoms with E-state index < -0.39 is 29.4 Å². The number of aliphatic hydroxyl groups excluding tert-OH is 1. The van der Waals surface area contributed by atoms with Crippen molar-refractivity contribution in [2.24, 2.45) is 0 Å². The van der Waals surface area contributed by atoms with Crippen LogP contribution in [0.2, 0.25) is 0 Å². The molecule has 1 unspecified atom stereocenters. The first-order valence-corrected chi connectivity index (χ1v) is 10.3. The molecule has 1 aliphatic rings. The van der Waals surface area contributed by atoms with Crippen LogP contribution in [0, 0.1) is 0 Å². The van der Waals surface area contributed by atoms with Gasteiger partial charge in [-0.05, 0) is 53.9 Å². The number of benzene rings is 3. The molecule has 0 spiro atoms. The summed E-state index contributed by atoms with van der Waals surface area (Å²) in [4.78, 5) is 14.5. The molecule has 7 heteroatoms. The summed E-state index contributed by atoms with van der Waals surface area (Å²) in [6, 6.07) is 20.5. The predicted octanol–water partition coefficient (Wildman–Crippen LogP) is 6.40. The average molecular weight is 488 g/mol. The van der Waals surface area contributed by atoms with Gasteiger partial charge in [0.15, 0.2) is 5.76 Å². The van der Waals surface area contributed by atoms with Crippen LogP contribution in [0.15, 0.2) is 89.1 Å². The molecule has 0 saturated heterocycles. The summed E-state index contributed by atoms with van der Waals surface area (Å²) in [7, 11) is 0. The molecule has 0 aliphatic carbocycles. The van der Waals surface area contributed by atoms with Crippen LogP contribution in [0.4, 0.5) is 18.9 Å². The molecule has 4 rings (SSSR count). The van der Waals surface area contributed by atoms with E-state index in [0.29, 0.717) is 23.2 Å². The molecule has 158 valence electrons. The molecule has 1 heterocycles. The third kappa shape index (κ3) is 4.23. The zero-order valence-corrected chi connectivity index (χ0v) is 17.7. The van der Waals surface area contributed by atoms with Crippen LogP contribution in [0.25, 0.3) is 5.57 Å². The van der Waals surface area contributed by atoms with Gasteiger partial charge < -0.3 is 5.11 Å². The topological polar surface area (TPSA) is 40.5 Å². The molecule has 1 atom stereocenters. The summed E-state index contributed by atoms with van der Waals surface area (Å²) in [5.41, 5.74) is 1.42. The van der Waals surface area contributed by atoms with Gasteiger partial charge in [-0.2, -0.15) is 13.2 Å². The molecule has 1 amide bonds. The molecule has 3 aromatic carbocycles. The molecule has 0 aromatic heterocycles. The average Bonchev–Trinajstić information content (AvgIpc) is 2.99. The van der Waals surface area contributed by atoms with Crippen molar-refractivity contribution in [2.75, 3.05) is 4.90 Å². The first-order chi connectivity index (χ1) is 14.8. The van der Waals surface area contributed by atoms with Crippen molar-refractivity contribution in [1.82, 2.24) is 0 Å². The van der Waals surface area contributed by atoms with Gasteiger partial charge in [-0.15, -0.1) is 0 Å². The lowest BCUT2D eigenvalue weighted by Gasteiger charge is -2.27. The van der Waals surface area contributed by atoms with E-state index in [-0.39, 0.29) is 0 Å². The lowest BCUT2D eigenvalue weighted by Crippen LogP contribution is -2.37. The van der Waals surface area contributed by atoms with Gasteiger partial charge in [0.25, 0.3) is 5.91 Å². The van der Waals surface area contributed by atoms with E-state index in [0.717, 1.165) is 22.2 Å². The highest BCUT2D eigenvalue weighted by Crippen LogP contribution is 2.39. The quantitative estimate of drug-likeness (QED) is 0.462. The van der Waals surface area contributed by atoms with E-state index in [9.17, 15) is 23.1 Å². The number of rotatable bonds is 4. The molecular formula is C24H17BrF3NO2. The van der Waals surface area contributed by atoms with Gasteiger partial charge in [0.05, 0.1) is 11.6 Å². The molecule has 0 bridgehead atoms. The molecule has 1 aliphatic heterocycles. The second-order valence-corrected chi connectivity index (χ2v) is 8.11. The van der Waals surface area contributed by atoms with E-state index in [2.05, 4.69) is 15.9 Å². The number of amides is 1. The van der Waals surface area contributed by atoms with Crippen LogP contribution >= 0.6 is 15.9 Å². The summed E-state index contributed by atoms with van der Waals surface area (Å²) in [5.74, 6) is -1.04. The molecular weight excluding hydrogens is 471 g/mol. The fourth-order valence-electron chi connectivity index (χ4n) is 3.76. The van der Waals surface area contributed by atoms with Gasteiger partial charge >= 0.3 is 6.18 Å². The number of carbonyl (C=O) groups is 1. The van der Waals surface area contributed by atoms with Crippen molar-refractivity contribution in [1.29, 1.82) is 0 Å². The van der Waals surface area contributed by atoms with Crippen molar-refractivity contribution in [3.63, 3.8) is 0 Å². The minimum absolute atomic E-state index is 0.311. The highest BCUT2D eigenvalue weighted by atomic mass is 79.9. The van der Waals surface area contributed by atoms with Gasteiger partial charge in [0.2, 0.25) is 0 Å². The predicted molar refractivity (Wildman–Crippen MR) is 117 cm³/mol. The smallest absolute Gasteiger partial charge is 0.416 e. The second kappa shape index (κ2) is 8.23. The Bertz CT molecular complexity index is 1120. The van der Waals surface area contributed by atoms with Crippen LogP contribution in [0.1, 0.15) is 16.7 Å². The summed E-state index contributed by atoms with van der Waals surface area (Å²) in [6.45, 7) is 0. The molecule has 31 heavy (non-hydrogen) atoms. The number of alkyl halides is 3. The Balaban J connectivity index is 1.79. The van der Waals surface area contributed by atoms with Crippen LogP contribution in [0.3, 0.4) is 0 Å². The Morgan fingerprint density at radius 3 is 2.10 bits per heavy atom. The SMILES string of the molecule is O=C1C(O)=C(c2ccc(C(F)(F)F)cc2)C(Cc2ccccc2)N1c1ccc(Br)cc1. The number of halogens is 4. The fraction of sp³-hybridized carbons (Fsp3) is 0.125. The molecule has 1 N–H and O–H groups in total. The maximum Gasteiger partial charge on any atom is 0.416 e. The third-order valence-electron chi connectivity index (χ3n) is 5.22. The van der Waals surface area contributed by atoms with Crippen molar-refractivity contribution in [2.45, 2.75) is 18.6 Å². The zero-order chi connectivity index (χ0) is 22.2. The number of anilines is 1. The number of hydrogen-bond donors (Lipinski definition) is 1. The molecule has 0 saturated carbocycles. The zero-order valence-electron chi connectivity index (χ0n) is 16.1. The number of hydrogen-bond acceptors (Lipinski definition) is 2. The maximum absolute atomic E-state index is 13.0. The van der Waals surface area contributed by atoms with Gasteiger partial charge in [-0.25, -0.2) is 0 Å². The Kier molecular flexibility index (Phi) is 5.62. The van der Waals surface area contributed by atoms with Crippen LogP contribution in [0.5, 0.6) is 0 Å². The van der Waals surface area contributed by atoms with Crippen LogP contribution < -0.4 is 4.90 Å². The van der Waals surface area contributed by atoms with Crippen molar-refractivity contribution in [3.8, 4) is 0 Å². The number of nitrogens with zero attached hydrogens (tertiary/aromatic N) is 1. The van der Waals surface area contributed by atoms with Crippen molar-refractivity contribution >= 4 is 33.1 Å². The summed E-state index contributed by atoms with van der Waals surface area (Å²) >= 11 is 3.37. The van der Waals surface area contributed by atoms with Crippen LogP contribution in [-0.2, 0) is 17.4 Å². The minimum atomic E-state index is -4.46. The molecule has 0 radical (unpaired) electrons. The largest absolute Gasteiger partial charge is 0.503 e. The van der Waals surface area contributed by atoms with E-state index in [1.165, 1.54) is 17.0 Å². The van der Waals surface area contributed by atoms with E-state index >= 15 is 0 Å². The summed E-state index contributed by atoms with van der Waals surface area (Å²) in [5, 5.41) is 10.7.